The largest absolute Gasteiger partial charge is 0.494 e. The molecule has 0 aliphatic carbocycles. The van der Waals surface area contributed by atoms with Gasteiger partial charge >= 0.3 is 0 Å². The predicted molar refractivity (Wildman–Crippen MR) is 118 cm³/mol. The van der Waals surface area contributed by atoms with Crippen LogP contribution in [0.2, 0.25) is 5.02 Å². The number of fused-ring (bicyclic) bond motifs is 1. The number of benzene rings is 3. The van der Waals surface area contributed by atoms with Crippen LogP contribution in [-0.2, 0) is 4.79 Å². The molecule has 0 saturated heterocycles. The van der Waals surface area contributed by atoms with Gasteiger partial charge < -0.3 is 14.8 Å². The van der Waals surface area contributed by atoms with Crippen molar-refractivity contribution in [3.05, 3.63) is 82.2 Å². The summed E-state index contributed by atoms with van der Waals surface area (Å²) in [5, 5.41) is 3.59. The van der Waals surface area contributed by atoms with Crippen LogP contribution in [0, 0.1) is 0 Å². The van der Waals surface area contributed by atoms with Gasteiger partial charge in [-0.15, -0.1) is 0 Å². The van der Waals surface area contributed by atoms with Crippen molar-refractivity contribution in [2.24, 2.45) is 0 Å². The first-order valence-corrected chi connectivity index (χ1v) is 10.3. The lowest BCUT2D eigenvalue weighted by molar-refractivity contribution is -0.112. The topological polar surface area (TPSA) is 47.6 Å². The van der Waals surface area contributed by atoms with Crippen LogP contribution in [0.15, 0.2) is 76.5 Å². The molecule has 29 heavy (non-hydrogen) atoms. The zero-order valence-electron chi connectivity index (χ0n) is 15.6. The van der Waals surface area contributed by atoms with E-state index >= 15 is 0 Å². The normalized spacial score (nSPS) is 14.3. The van der Waals surface area contributed by atoms with Gasteiger partial charge in [-0.3, -0.25) is 4.79 Å². The summed E-state index contributed by atoms with van der Waals surface area (Å²) in [5.74, 6) is 2.03. The van der Waals surface area contributed by atoms with Gasteiger partial charge in [0.1, 0.15) is 17.2 Å². The van der Waals surface area contributed by atoms with Gasteiger partial charge in [-0.2, -0.15) is 0 Å². The summed E-state index contributed by atoms with van der Waals surface area (Å²) >= 11 is 7.34. The Morgan fingerprint density at radius 3 is 2.59 bits per heavy atom. The lowest BCUT2D eigenvalue weighted by Crippen LogP contribution is -2.17. The number of rotatable bonds is 5. The molecule has 0 unspecified atom stereocenters. The summed E-state index contributed by atoms with van der Waals surface area (Å²) < 4.78 is 11.4. The van der Waals surface area contributed by atoms with Gasteiger partial charge in [0.15, 0.2) is 0 Å². The molecule has 4 nitrogen and oxygen atoms in total. The highest BCUT2D eigenvalue weighted by Crippen LogP contribution is 2.41. The second kappa shape index (κ2) is 8.64. The smallest absolute Gasteiger partial charge is 0.262 e. The van der Waals surface area contributed by atoms with Gasteiger partial charge in [-0.1, -0.05) is 35.5 Å². The molecule has 4 rings (SSSR count). The van der Waals surface area contributed by atoms with Crippen molar-refractivity contribution in [3.63, 3.8) is 0 Å². The molecule has 0 atom stereocenters. The molecule has 0 bridgehead atoms. The maximum atomic E-state index is 12.5. The standard InChI is InChI=1S/C23H18ClNO3S/c1-2-27-18-10-11-20-21(14-18)29-22(23(26)25-20)13-15-4-3-5-19(12-15)28-17-8-6-16(24)7-9-17/h3-14H,2H2,1H3,(H,25,26)/b22-13-. The number of carbonyl (C=O) groups is 1. The van der Waals surface area contributed by atoms with E-state index in [1.54, 1.807) is 12.1 Å². The quantitative estimate of drug-likeness (QED) is 0.468. The molecule has 1 heterocycles. The first-order valence-electron chi connectivity index (χ1n) is 9.12. The highest BCUT2D eigenvalue weighted by Gasteiger charge is 2.21. The molecule has 3 aromatic rings. The fourth-order valence-electron chi connectivity index (χ4n) is 2.85. The Morgan fingerprint density at radius 2 is 1.79 bits per heavy atom. The van der Waals surface area contributed by atoms with E-state index in [1.807, 2.05) is 67.6 Å². The Balaban J connectivity index is 1.56. The SMILES string of the molecule is CCOc1ccc2c(c1)S/C(=C\c1cccc(Oc3ccc(Cl)cc3)c1)C(=O)N2. The number of carbonyl (C=O) groups excluding carboxylic acids is 1. The van der Waals surface area contributed by atoms with Crippen molar-refractivity contribution in [2.45, 2.75) is 11.8 Å². The van der Waals surface area contributed by atoms with Gasteiger partial charge in [0.05, 0.1) is 17.2 Å². The Bertz CT molecular complexity index is 1080. The van der Waals surface area contributed by atoms with E-state index in [0.717, 1.165) is 21.9 Å². The highest BCUT2D eigenvalue weighted by molar-refractivity contribution is 8.04. The molecule has 0 spiro atoms. The number of thioether (sulfide) groups is 1. The molecule has 1 aliphatic rings. The molecule has 0 fully saturated rings. The predicted octanol–water partition coefficient (Wildman–Crippen LogP) is 6.62. The summed E-state index contributed by atoms with van der Waals surface area (Å²) in [7, 11) is 0. The molecule has 3 aromatic carbocycles. The molecule has 0 radical (unpaired) electrons. The average Bonchev–Trinajstić information content (AvgIpc) is 2.71. The number of hydrogen-bond donors (Lipinski definition) is 1. The second-order valence-corrected chi connectivity index (χ2v) is 7.80. The van der Waals surface area contributed by atoms with E-state index in [2.05, 4.69) is 5.32 Å². The lowest BCUT2D eigenvalue weighted by atomic mass is 10.2. The minimum atomic E-state index is -0.129. The fraction of sp³-hybridized carbons (Fsp3) is 0.0870. The molecule has 6 heteroatoms. The maximum absolute atomic E-state index is 12.5. The van der Waals surface area contributed by atoms with Crippen molar-refractivity contribution < 1.29 is 14.3 Å². The van der Waals surface area contributed by atoms with Gasteiger partial charge in [-0.25, -0.2) is 0 Å². The summed E-state index contributed by atoms with van der Waals surface area (Å²) in [5.41, 5.74) is 1.67. The van der Waals surface area contributed by atoms with Crippen molar-refractivity contribution in [1.29, 1.82) is 0 Å². The van der Waals surface area contributed by atoms with Gasteiger partial charge in [0, 0.05) is 9.92 Å². The van der Waals surface area contributed by atoms with E-state index in [1.165, 1.54) is 11.8 Å². The van der Waals surface area contributed by atoms with Gasteiger partial charge in [0.25, 0.3) is 5.91 Å². The number of amides is 1. The third-order valence-corrected chi connectivity index (χ3v) is 5.49. The van der Waals surface area contributed by atoms with Crippen molar-refractivity contribution in [2.75, 3.05) is 11.9 Å². The Kier molecular flexibility index (Phi) is 5.79. The van der Waals surface area contributed by atoms with Crippen molar-refractivity contribution >= 4 is 41.0 Å². The number of nitrogens with one attached hydrogen (secondary N) is 1. The molecule has 1 N–H and O–H groups in total. The van der Waals surface area contributed by atoms with Crippen LogP contribution in [0.25, 0.3) is 6.08 Å². The van der Waals surface area contributed by atoms with Crippen LogP contribution < -0.4 is 14.8 Å². The van der Waals surface area contributed by atoms with E-state index in [9.17, 15) is 4.79 Å². The summed E-state index contributed by atoms with van der Waals surface area (Å²) in [6.45, 7) is 2.54. The fourth-order valence-corrected chi connectivity index (χ4v) is 3.95. The van der Waals surface area contributed by atoms with E-state index < -0.39 is 0 Å². The second-order valence-electron chi connectivity index (χ2n) is 6.28. The lowest BCUT2D eigenvalue weighted by Gasteiger charge is -2.19. The van der Waals surface area contributed by atoms with Crippen LogP contribution in [0.3, 0.4) is 0 Å². The summed E-state index contributed by atoms with van der Waals surface area (Å²) in [4.78, 5) is 14.1. The summed E-state index contributed by atoms with van der Waals surface area (Å²) in [6.07, 6.45) is 1.85. The molecule has 146 valence electrons. The monoisotopic (exact) mass is 423 g/mol. The number of anilines is 1. The Morgan fingerprint density at radius 1 is 1.00 bits per heavy atom. The Hall–Kier alpha value is -2.89. The Labute approximate surface area is 178 Å². The number of hydrogen-bond acceptors (Lipinski definition) is 4. The highest BCUT2D eigenvalue weighted by atomic mass is 35.5. The third kappa shape index (κ3) is 4.75. The number of halogens is 1. The van der Waals surface area contributed by atoms with Crippen LogP contribution >= 0.6 is 23.4 Å². The summed E-state index contributed by atoms with van der Waals surface area (Å²) in [6, 6.07) is 20.4. The zero-order valence-corrected chi connectivity index (χ0v) is 17.2. The van der Waals surface area contributed by atoms with E-state index in [-0.39, 0.29) is 5.91 Å². The molecule has 1 aliphatic heterocycles. The minimum absolute atomic E-state index is 0.129. The van der Waals surface area contributed by atoms with Gasteiger partial charge in [-0.05, 0) is 73.2 Å². The van der Waals surface area contributed by atoms with Crippen LogP contribution in [0.4, 0.5) is 5.69 Å². The molecule has 0 aromatic heterocycles. The van der Waals surface area contributed by atoms with E-state index in [0.29, 0.717) is 28.0 Å². The molecular formula is C23H18ClNO3S. The number of ether oxygens (including phenoxy) is 2. The van der Waals surface area contributed by atoms with Crippen molar-refractivity contribution in [1.82, 2.24) is 0 Å². The van der Waals surface area contributed by atoms with Crippen LogP contribution in [0.1, 0.15) is 12.5 Å². The first kappa shape index (κ1) is 19.4. The molecule has 1 amide bonds. The van der Waals surface area contributed by atoms with Crippen LogP contribution in [0.5, 0.6) is 17.2 Å². The molecule has 0 saturated carbocycles. The van der Waals surface area contributed by atoms with Crippen molar-refractivity contribution in [3.8, 4) is 17.2 Å². The minimum Gasteiger partial charge on any atom is -0.494 e. The first-order chi connectivity index (χ1) is 14.1. The molecular weight excluding hydrogens is 406 g/mol. The third-order valence-electron chi connectivity index (χ3n) is 4.16. The average molecular weight is 424 g/mol. The maximum Gasteiger partial charge on any atom is 0.262 e. The van der Waals surface area contributed by atoms with Crippen LogP contribution in [-0.4, -0.2) is 12.5 Å². The zero-order chi connectivity index (χ0) is 20.2. The van der Waals surface area contributed by atoms with E-state index in [4.69, 9.17) is 21.1 Å². The van der Waals surface area contributed by atoms with Gasteiger partial charge in [0.2, 0.25) is 0 Å².